The largest absolute Gasteiger partial charge is 0.392 e. The number of aliphatic hydroxyl groups is 1. The van der Waals surface area contributed by atoms with E-state index in [1.54, 1.807) is 0 Å². The van der Waals surface area contributed by atoms with Gasteiger partial charge in [0, 0.05) is 5.56 Å². The molecule has 2 N–H and O–H groups in total. The molecule has 0 bridgehead atoms. The van der Waals surface area contributed by atoms with Crippen molar-refractivity contribution in [2.24, 2.45) is 0 Å². The van der Waals surface area contributed by atoms with E-state index in [2.05, 4.69) is 9.97 Å². The molecule has 16 heavy (non-hydrogen) atoms. The number of hydrogen-bond acceptors (Lipinski definition) is 3. The van der Waals surface area contributed by atoms with Crippen LogP contribution in [0.15, 0.2) is 10.9 Å². The molecule has 0 unspecified atom stereocenters. The Balaban J connectivity index is 2.96. The van der Waals surface area contributed by atoms with Gasteiger partial charge in [-0.15, -0.1) is 0 Å². The topological polar surface area (TPSA) is 66.0 Å². The first-order valence-electron chi connectivity index (χ1n) is 4.53. The Labute approximate surface area is 88.6 Å². The Hall–Kier alpha value is -1.82. The number of H-pyrrole nitrogens is 1. The van der Waals surface area contributed by atoms with Gasteiger partial charge >= 0.3 is 0 Å². The Kier molecular flexibility index (Phi) is 2.43. The van der Waals surface area contributed by atoms with E-state index in [0.29, 0.717) is 0 Å². The Morgan fingerprint density at radius 2 is 2.19 bits per heavy atom. The maximum Gasteiger partial charge on any atom is 0.269 e. The van der Waals surface area contributed by atoms with Gasteiger partial charge in [-0.05, 0) is 13.0 Å². The second-order valence-corrected chi connectivity index (χ2v) is 3.36. The lowest BCUT2D eigenvalue weighted by Gasteiger charge is -2.05. The van der Waals surface area contributed by atoms with Crippen LogP contribution in [0.3, 0.4) is 0 Å². The van der Waals surface area contributed by atoms with E-state index in [-0.39, 0.29) is 22.3 Å². The highest BCUT2D eigenvalue weighted by Gasteiger charge is 2.14. The van der Waals surface area contributed by atoms with E-state index in [1.807, 2.05) is 0 Å². The standard InChI is InChI=1S/C10H8F2N2O2/c1-4-10(16)14-9-7(12)5(3-15)2-6(11)8(9)13-4/h2,15H,3H2,1H3,(H,14,16). The van der Waals surface area contributed by atoms with E-state index < -0.39 is 23.8 Å². The number of nitrogens with one attached hydrogen (secondary N) is 1. The van der Waals surface area contributed by atoms with Crippen LogP contribution in [0.1, 0.15) is 11.3 Å². The minimum absolute atomic E-state index is 0.0579. The SMILES string of the molecule is Cc1nc2c(F)cc(CO)c(F)c2[nH]c1=O. The van der Waals surface area contributed by atoms with Crippen LogP contribution >= 0.6 is 0 Å². The van der Waals surface area contributed by atoms with Crippen LogP contribution in [0.25, 0.3) is 11.0 Å². The molecule has 1 aromatic carbocycles. The van der Waals surface area contributed by atoms with Crippen LogP contribution in [0.5, 0.6) is 0 Å². The molecule has 0 spiro atoms. The summed E-state index contributed by atoms with van der Waals surface area (Å²) in [4.78, 5) is 17.1. The zero-order valence-electron chi connectivity index (χ0n) is 8.34. The summed E-state index contributed by atoms with van der Waals surface area (Å²) < 4.78 is 27.1. The molecule has 84 valence electrons. The van der Waals surface area contributed by atoms with E-state index in [4.69, 9.17) is 5.11 Å². The molecule has 0 aliphatic carbocycles. The van der Waals surface area contributed by atoms with Crippen molar-refractivity contribution in [2.75, 3.05) is 0 Å². The fraction of sp³-hybridized carbons (Fsp3) is 0.200. The van der Waals surface area contributed by atoms with E-state index in [0.717, 1.165) is 6.07 Å². The number of aliphatic hydroxyl groups excluding tert-OH is 1. The second kappa shape index (κ2) is 3.64. The molecular formula is C10H8F2N2O2. The van der Waals surface area contributed by atoms with E-state index >= 15 is 0 Å². The molecule has 1 aromatic heterocycles. The quantitative estimate of drug-likeness (QED) is 0.762. The third-order valence-electron chi connectivity index (χ3n) is 2.28. The van der Waals surface area contributed by atoms with Gasteiger partial charge in [0.25, 0.3) is 5.56 Å². The van der Waals surface area contributed by atoms with Crippen molar-refractivity contribution in [3.8, 4) is 0 Å². The zero-order chi connectivity index (χ0) is 11.9. The molecule has 0 saturated carbocycles. The fourth-order valence-electron chi connectivity index (χ4n) is 1.43. The third kappa shape index (κ3) is 1.47. The molecule has 1 heterocycles. The van der Waals surface area contributed by atoms with Gasteiger partial charge < -0.3 is 10.1 Å². The van der Waals surface area contributed by atoms with Crippen LogP contribution < -0.4 is 5.56 Å². The highest BCUT2D eigenvalue weighted by Crippen LogP contribution is 2.20. The number of aromatic nitrogens is 2. The van der Waals surface area contributed by atoms with Gasteiger partial charge in [-0.2, -0.15) is 0 Å². The Morgan fingerprint density at radius 3 is 2.81 bits per heavy atom. The summed E-state index contributed by atoms with van der Waals surface area (Å²) in [6, 6.07) is 0.864. The summed E-state index contributed by atoms with van der Waals surface area (Å²) in [6.45, 7) is 0.754. The molecule has 0 radical (unpaired) electrons. The molecule has 0 atom stereocenters. The summed E-state index contributed by atoms with van der Waals surface area (Å²) in [5.74, 6) is -1.64. The molecule has 0 aliphatic rings. The lowest BCUT2D eigenvalue weighted by Crippen LogP contribution is -2.13. The highest BCUT2D eigenvalue weighted by atomic mass is 19.1. The summed E-state index contributed by atoms with van der Waals surface area (Å²) in [7, 11) is 0. The number of hydrogen-bond donors (Lipinski definition) is 2. The lowest BCUT2D eigenvalue weighted by atomic mass is 10.1. The molecule has 2 rings (SSSR count). The van der Waals surface area contributed by atoms with Gasteiger partial charge in [-0.25, -0.2) is 13.8 Å². The number of aryl methyl sites for hydroxylation is 1. The monoisotopic (exact) mass is 226 g/mol. The van der Waals surface area contributed by atoms with Crippen LogP contribution in [-0.4, -0.2) is 15.1 Å². The van der Waals surface area contributed by atoms with Crippen molar-refractivity contribution >= 4 is 11.0 Å². The Morgan fingerprint density at radius 1 is 1.50 bits per heavy atom. The molecular weight excluding hydrogens is 218 g/mol. The van der Waals surface area contributed by atoms with Crippen molar-refractivity contribution in [2.45, 2.75) is 13.5 Å². The van der Waals surface area contributed by atoms with E-state index in [1.165, 1.54) is 6.92 Å². The number of fused-ring (bicyclic) bond motifs is 1. The summed E-state index contributed by atoms with van der Waals surface area (Å²) >= 11 is 0. The Bertz CT molecular complexity index is 622. The predicted molar refractivity (Wildman–Crippen MR) is 52.9 cm³/mol. The zero-order valence-corrected chi connectivity index (χ0v) is 8.34. The van der Waals surface area contributed by atoms with Gasteiger partial charge in [-0.1, -0.05) is 0 Å². The number of benzene rings is 1. The molecule has 0 aliphatic heterocycles. The van der Waals surface area contributed by atoms with Crippen molar-refractivity contribution in [1.29, 1.82) is 0 Å². The predicted octanol–water partition coefficient (Wildman–Crippen LogP) is 1.00. The fourth-order valence-corrected chi connectivity index (χ4v) is 1.43. The maximum absolute atomic E-state index is 13.6. The molecule has 2 aromatic rings. The van der Waals surface area contributed by atoms with Gasteiger partial charge in [-0.3, -0.25) is 4.79 Å². The van der Waals surface area contributed by atoms with Crippen LogP contribution in [0.2, 0.25) is 0 Å². The second-order valence-electron chi connectivity index (χ2n) is 3.36. The highest BCUT2D eigenvalue weighted by molar-refractivity contribution is 5.76. The summed E-state index contributed by atoms with van der Waals surface area (Å²) in [5.41, 5.74) is -1.30. The number of nitrogens with zero attached hydrogens (tertiary/aromatic N) is 1. The summed E-state index contributed by atoms with van der Waals surface area (Å²) in [6.07, 6.45) is 0. The van der Waals surface area contributed by atoms with Gasteiger partial charge in [0.1, 0.15) is 16.7 Å². The third-order valence-corrected chi connectivity index (χ3v) is 2.28. The van der Waals surface area contributed by atoms with Crippen molar-refractivity contribution in [3.05, 3.63) is 39.3 Å². The number of aromatic amines is 1. The van der Waals surface area contributed by atoms with Crippen molar-refractivity contribution < 1.29 is 13.9 Å². The number of halogens is 2. The van der Waals surface area contributed by atoms with Crippen LogP contribution in [-0.2, 0) is 6.61 Å². The van der Waals surface area contributed by atoms with Crippen LogP contribution in [0, 0.1) is 18.6 Å². The molecule has 6 heteroatoms. The van der Waals surface area contributed by atoms with Gasteiger partial charge in [0.05, 0.1) is 6.61 Å². The van der Waals surface area contributed by atoms with Crippen molar-refractivity contribution in [3.63, 3.8) is 0 Å². The minimum atomic E-state index is -0.858. The normalized spacial score (nSPS) is 11.0. The number of rotatable bonds is 1. The average Bonchev–Trinajstić information content (AvgIpc) is 2.26. The molecule has 4 nitrogen and oxygen atoms in total. The smallest absolute Gasteiger partial charge is 0.269 e. The van der Waals surface area contributed by atoms with Gasteiger partial charge in [0.15, 0.2) is 11.6 Å². The first-order chi connectivity index (χ1) is 7.54. The first kappa shape index (κ1) is 10.7. The maximum atomic E-state index is 13.6. The molecule has 0 amide bonds. The molecule has 0 saturated heterocycles. The summed E-state index contributed by atoms with van der Waals surface area (Å²) in [5, 5.41) is 8.81. The first-order valence-corrected chi connectivity index (χ1v) is 4.53. The van der Waals surface area contributed by atoms with Gasteiger partial charge in [0.2, 0.25) is 0 Å². The average molecular weight is 226 g/mol. The van der Waals surface area contributed by atoms with Crippen molar-refractivity contribution in [1.82, 2.24) is 9.97 Å². The van der Waals surface area contributed by atoms with E-state index in [9.17, 15) is 13.6 Å². The lowest BCUT2D eigenvalue weighted by molar-refractivity contribution is 0.275. The van der Waals surface area contributed by atoms with Crippen LogP contribution in [0.4, 0.5) is 8.78 Å². The molecule has 0 fully saturated rings. The minimum Gasteiger partial charge on any atom is -0.392 e.